The van der Waals surface area contributed by atoms with Crippen LogP contribution in [0.3, 0.4) is 0 Å². The Morgan fingerprint density at radius 2 is 1.09 bits per heavy atom. The van der Waals surface area contributed by atoms with Crippen LogP contribution in [0.4, 0.5) is 65.9 Å². The summed E-state index contributed by atoms with van der Waals surface area (Å²) in [5.41, 5.74) is 0. The van der Waals surface area contributed by atoms with Crippen molar-refractivity contribution >= 4 is 15.4 Å². The maximum Gasteiger partial charge on any atom is 0.473 e. The zero-order valence-electron chi connectivity index (χ0n) is 15.3. The second kappa shape index (κ2) is 8.87. The minimum atomic E-state index is -8.39. The van der Waals surface area contributed by atoms with E-state index in [-0.39, 0.29) is 0 Å². The summed E-state index contributed by atoms with van der Waals surface area (Å²) in [6.07, 6.45) is -15.5. The summed E-state index contributed by atoms with van der Waals surface area (Å²) in [7, 11) is 1.17. The van der Waals surface area contributed by atoms with Gasteiger partial charge in [0.25, 0.3) is 0 Å². The smallest absolute Gasteiger partial charge is 0.394 e. The molecule has 0 spiro atoms. The zero-order valence-corrected chi connectivity index (χ0v) is 16.5. The molecule has 192 valence electrons. The van der Waals surface area contributed by atoms with E-state index in [1.54, 1.807) is 0 Å². The van der Waals surface area contributed by atoms with Crippen LogP contribution < -0.4 is 0 Å². The van der Waals surface area contributed by atoms with E-state index in [1.165, 1.54) is 9.47 Å². The normalized spacial score (nSPS) is 17.2. The first-order valence-corrected chi connectivity index (χ1v) is 8.19. The third kappa shape index (κ3) is 4.32. The molecule has 0 radical (unpaired) electrons. The van der Waals surface area contributed by atoms with Gasteiger partial charge in [0.15, 0.2) is 12.3 Å². The molecule has 0 aromatic rings. The molecule has 0 aliphatic carbocycles. The van der Waals surface area contributed by atoms with Crippen molar-refractivity contribution in [3.8, 4) is 0 Å². The molecule has 19 heteroatoms. The highest BCUT2D eigenvalue weighted by molar-refractivity contribution is 7.09. The molecule has 0 bridgehead atoms. The van der Waals surface area contributed by atoms with Crippen LogP contribution in [0.25, 0.3) is 0 Å². The Balaban J connectivity index is 6.56. The molecule has 32 heavy (non-hydrogen) atoms. The van der Waals surface area contributed by atoms with Crippen LogP contribution in [0, 0.1) is 0 Å². The molecule has 3 unspecified atom stereocenters. The number of rotatable bonds is 11. The van der Waals surface area contributed by atoms with E-state index < -0.39 is 66.3 Å². The summed E-state index contributed by atoms with van der Waals surface area (Å²) >= 11 is 0. The fourth-order valence-corrected chi connectivity index (χ4v) is 1.88. The highest BCUT2D eigenvalue weighted by atomic mass is 31.0. The molecule has 0 saturated heterocycles. The monoisotopic (exact) mass is 532 g/mol. The van der Waals surface area contributed by atoms with Crippen LogP contribution in [0.15, 0.2) is 0 Å². The van der Waals surface area contributed by atoms with Crippen LogP contribution in [0.1, 0.15) is 20.3 Å². The lowest BCUT2D eigenvalue weighted by Gasteiger charge is -2.42. The van der Waals surface area contributed by atoms with Gasteiger partial charge in [-0.1, -0.05) is 6.92 Å². The number of hydrogen-bond donors (Lipinski definition) is 0. The van der Waals surface area contributed by atoms with Crippen LogP contribution in [0.5, 0.6) is 0 Å². The summed E-state index contributed by atoms with van der Waals surface area (Å²) in [6, 6.07) is 0. The number of esters is 1. The van der Waals surface area contributed by atoms with Gasteiger partial charge in [-0.2, -0.15) is 61.5 Å². The predicted octanol–water partition coefficient (Wildman–Crippen LogP) is 5.88. The van der Waals surface area contributed by atoms with Gasteiger partial charge in [-0.05, 0) is 13.3 Å². The van der Waals surface area contributed by atoms with E-state index in [9.17, 15) is 70.7 Å². The molecule has 0 heterocycles. The fourth-order valence-electron chi connectivity index (χ4n) is 1.77. The Bertz CT molecular complexity index is 681. The summed E-state index contributed by atoms with van der Waals surface area (Å²) in [5.74, 6) is -50.1. The van der Waals surface area contributed by atoms with Gasteiger partial charge in [0.05, 0.1) is 0 Å². The lowest BCUT2D eigenvalue weighted by atomic mass is 9.89. The number of halogens is 15. The Morgan fingerprint density at radius 1 is 0.750 bits per heavy atom. The quantitative estimate of drug-likeness (QED) is 0.190. The molecule has 0 aromatic carbocycles. The Kier molecular flexibility index (Phi) is 8.54. The molecule has 0 rings (SSSR count). The van der Waals surface area contributed by atoms with Crippen molar-refractivity contribution < 1.29 is 79.9 Å². The van der Waals surface area contributed by atoms with E-state index >= 15 is 0 Å². The highest BCUT2D eigenvalue weighted by Gasteiger charge is 2.94. The molecule has 0 saturated carbocycles. The third-order valence-corrected chi connectivity index (χ3v) is 4.29. The first-order chi connectivity index (χ1) is 13.8. The first-order valence-electron chi connectivity index (χ1n) is 7.72. The Morgan fingerprint density at radius 3 is 1.44 bits per heavy atom. The van der Waals surface area contributed by atoms with Crippen LogP contribution in [-0.2, 0) is 14.1 Å². The zero-order chi connectivity index (χ0) is 26.4. The molecule has 0 aliphatic heterocycles. The summed E-state index contributed by atoms with van der Waals surface area (Å²) in [6.45, 7) is 0.774. The van der Waals surface area contributed by atoms with E-state index in [4.69, 9.17) is 0 Å². The number of alkyl halides is 15. The molecule has 3 nitrogen and oxygen atoms in total. The van der Waals surface area contributed by atoms with Gasteiger partial charge in [0.1, 0.15) is 0 Å². The molecule has 0 amide bonds. The van der Waals surface area contributed by atoms with Crippen LogP contribution in [0.2, 0.25) is 0 Å². The lowest BCUT2D eigenvalue weighted by molar-refractivity contribution is -0.463. The topological polar surface area (TPSA) is 35.5 Å². The van der Waals surface area contributed by atoms with Gasteiger partial charge in [-0.15, -0.1) is 0 Å². The number of carbonyl (C=O) groups is 1. The van der Waals surface area contributed by atoms with E-state index in [0.29, 0.717) is 13.8 Å². The van der Waals surface area contributed by atoms with E-state index in [0.717, 1.165) is 0 Å². The Hall–Kier alpha value is -1.19. The van der Waals surface area contributed by atoms with Crippen molar-refractivity contribution in [3.05, 3.63) is 0 Å². The van der Waals surface area contributed by atoms with Crippen molar-refractivity contribution in [1.29, 1.82) is 0 Å². The van der Waals surface area contributed by atoms with Gasteiger partial charge >= 0.3 is 47.6 Å². The largest absolute Gasteiger partial charge is 0.473 e. The third-order valence-electron chi connectivity index (χ3n) is 3.88. The van der Waals surface area contributed by atoms with Crippen LogP contribution >= 0.6 is 9.47 Å². The van der Waals surface area contributed by atoms with Gasteiger partial charge < -0.3 is 9.26 Å². The number of ether oxygens (including phenoxy) is 1. The molecule has 0 fully saturated rings. The van der Waals surface area contributed by atoms with Gasteiger partial charge in [-0.3, -0.25) is 0 Å². The van der Waals surface area contributed by atoms with Crippen LogP contribution in [-0.4, -0.2) is 59.9 Å². The average molecular weight is 532 g/mol. The molecule has 3 atom stereocenters. The lowest BCUT2D eigenvalue weighted by Crippen LogP contribution is -2.74. The second-order valence-corrected chi connectivity index (χ2v) is 6.36. The number of carbonyl (C=O) groups excluding carboxylic acids is 1. The van der Waals surface area contributed by atoms with Gasteiger partial charge in [0, 0.05) is 9.47 Å². The predicted molar refractivity (Wildman–Crippen MR) is 76.2 cm³/mol. The van der Waals surface area contributed by atoms with Crippen molar-refractivity contribution in [2.24, 2.45) is 0 Å². The van der Waals surface area contributed by atoms with Gasteiger partial charge in [-0.25, -0.2) is 9.18 Å². The maximum absolute atomic E-state index is 13.5. The second-order valence-electron chi connectivity index (χ2n) is 6.09. The maximum atomic E-state index is 13.5. The summed E-state index contributed by atoms with van der Waals surface area (Å²) in [4.78, 5) is 11.0. The summed E-state index contributed by atoms with van der Waals surface area (Å²) < 4.78 is 208. The van der Waals surface area contributed by atoms with Crippen molar-refractivity contribution in [3.63, 3.8) is 0 Å². The van der Waals surface area contributed by atoms with E-state index in [2.05, 4.69) is 9.26 Å². The minimum Gasteiger partial charge on any atom is -0.394 e. The highest BCUT2D eigenvalue weighted by Crippen LogP contribution is 2.62. The number of hydrogen-bond acceptors (Lipinski definition) is 3. The van der Waals surface area contributed by atoms with Gasteiger partial charge in [0.2, 0.25) is 0 Å². The Labute approximate surface area is 170 Å². The van der Waals surface area contributed by atoms with Crippen molar-refractivity contribution in [2.75, 3.05) is 0 Å². The molecular weight excluding hydrogens is 520 g/mol. The minimum absolute atomic E-state index is 0.308. The van der Waals surface area contributed by atoms with Crippen molar-refractivity contribution in [1.82, 2.24) is 0 Å². The average Bonchev–Trinajstić information content (AvgIpc) is 2.64. The first kappa shape index (κ1) is 30.8. The van der Waals surface area contributed by atoms with E-state index in [1.807, 2.05) is 0 Å². The SMILES string of the molecule is CCC(F)C(F)(F)C(F)(F)C(F)(F)C(F)(F)C(F)(F)C(F)(F)C(F)(F)OC(=O)C(C)OP. The standard InChI is InChI=1S/C13H12F15O3P/c1-3-5(14)7(15,16)8(17,18)9(19,20)10(21,22)11(23,24)12(25,26)13(27,28)30-6(29)4(2)31-32/h4-5H,3,32H2,1-2H3. The molecule has 0 aliphatic rings. The molecule has 0 N–H and O–H groups in total. The molecular formula is C13H12F15O3P. The summed E-state index contributed by atoms with van der Waals surface area (Å²) in [5, 5.41) is 0. The van der Waals surface area contributed by atoms with Crippen molar-refractivity contribution in [2.45, 2.75) is 74.2 Å². The fraction of sp³-hybridized carbons (Fsp3) is 0.923. The molecule has 0 aromatic heterocycles.